The molecule has 0 aromatic rings. The molecule has 0 radical (unpaired) electrons. The lowest BCUT2D eigenvalue weighted by Crippen LogP contribution is -2.30. The fourth-order valence-electron chi connectivity index (χ4n) is 10.3. The standard InChI is InChI=1S/C83H142O16P2/c1-4-7-10-13-16-19-22-25-28-31-34-35-36-37-38-39-40-41-44-46-48-51-54-57-60-63-66-69-81(86)93-72-78(84)73-95-100(89,90)96-74-79(85)75-97-101(91,92)98-77-80(99-83(88)71-68-65-62-59-56-53-50-47-43-33-30-27-24-21-18-15-12-9-6-3)76-94-82(87)70-67-64-61-58-55-52-49-45-42-32-29-26-23-20-17-14-11-8-5-2/h7,10,16-21,25-30,34-35,37-38,42-43,45,47,78-80,84-85H,4-6,8-9,11-15,22-24,31-33,36,39-41,44,46,48-77H2,1-3H3,(H,89,90)(H,91,92)/b10-7-,19-16-,20-17-,21-18-,28-25-,29-26-,30-27-,35-34-,38-37-,45-42-,47-43-. The van der Waals surface area contributed by atoms with Crippen molar-refractivity contribution in [3.8, 4) is 0 Å². The Hall–Kier alpha value is -4.31. The summed E-state index contributed by atoms with van der Waals surface area (Å²) in [6, 6.07) is 0. The van der Waals surface area contributed by atoms with Crippen LogP contribution >= 0.6 is 15.6 Å². The molecule has 0 fully saturated rings. The molecule has 0 saturated heterocycles. The summed E-state index contributed by atoms with van der Waals surface area (Å²) in [6.07, 6.45) is 90.5. The lowest BCUT2D eigenvalue weighted by molar-refractivity contribution is -0.161. The average Bonchev–Trinajstić information content (AvgIpc) is 3.19. The number of hydrogen-bond donors (Lipinski definition) is 4. The molecule has 4 N–H and O–H groups in total. The Morgan fingerprint density at radius 3 is 0.832 bits per heavy atom. The largest absolute Gasteiger partial charge is 0.472 e. The van der Waals surface area contributed by atoms with Gasteiger partial charge in [-0.2, -0.15) is 0 Å². The van der Waals surface area contributed by atoms with Crippen LogP contribution in [0.5, 0.6) is 0 Å². The Balaban J connectivity index is 4.63. The van der Waals surface area contributed by atoms with Gasteiger partial charge in [-0.1, -0.05) is 289 Å². The van der Waals surface area contributed by atoms with E-state index in [-0.39, 0.29) is 19.3 Å². The van der Waals surface area contributed by atoms with Crippen LogP contribution in [-0.2, 0) is 55.8 Å². The molecule has 0 spiro atoms. The highest BCUT2D eigenvalue weighted by atomic mass is 31.2. The van der Waals surface area contributed by atoms with Crippen LogP contribution in [0.3, 0.4) is 0 Å². The number of allylic oxidation sites excluding steroid dienone is 22. The smallest absolute Gasteiger partial charge is 0.463 e. The van der Waals surface area contributed by atoms with E-state index in [1.54, 1.807) is 0 Å². The monoisotopic (exact) mass is 1460 g/mol. The highest BCUT2D eigenvalue weighted by Gasteiger charge is 2.29. The van der Waals surface area contributed by atoms with Gasteiger partial charge in [-0.15, -0.1) is 0 Å². The number of aliphatic hydroxyl groups excluding tert-OH is 2. The van der Waals surface area contributed by atoms with E-state index in [1.165, 1.54) is 83.5 Å². The number of esters is 3. The minimum absolute atomic E-state index is 0.0844. The molecule has 0 heterocycles. The number of carbonyl (C=O) groups is 3. The zero-order chi connectivity index (χ0) is 73.7. The lowest BCUT2D eigenvalue weighted by atomic mass is 10.0. The number of phosphoric ester groups is 2. The first-order valence-electron chi connectivity index (χ1n) is 39.5. The molecule has 18 heteroatoms. The van der Waals surface area contributed by atoms with Gasteiger partial charge in [0.05, 0.1) is 26.4 Å². The van der Waals surface area contributed by atoms with Gasteiger partial charge < -0.3 is 34.2 Å². The van der Waals surface area contributed by atoms with Gasteiger partial charge in [0.2, 0.25) is 0 Å². The van der Waals surface area contributed by atoms with Crippen molar-refractivity contribution in [3.63, 3.8) is 0 Å². The van der Waals surface area contributed by atoms with E-state index < -0.39 is 91.5 Å². The number of phosphoric acid groups is 2. The first-order valence-corrected chi connectivity index (χ1v) is 42.5. The van der Waals surface area contributed by atoms with E-state index in [9.17, 15) is 43.5 Å². The molecular formula is C83H142O16P2. The summed E-state index contributed by atoms with van der Waals surface area (Å²) in [4.78, 5) is 58.7. The molecule has 0 aliphatic heterocycles. The van der Waals surface area contributed by atoms with E-state index in [0.29, 0.717) is 19.3 Å². The van der Waals surface area contributed by atoms with Gasteiger partial charge in [-0.05, 0) is 141 Å². The van der Waals surface area contributed by atoms with Crippen molar-refractivity contribution in [2.24, 2.45) is 0 Å². The number of hydrogen-bond acceptors (Lipinski definition) is 14. The SMILES string of the molecule is CC/C=C\C/C=C\C/C=C\C/C=C\C/C=C\CCCCCCCCCCCCCC(=O)OCC(O)COP(=O)(O)OCC(O)COP(=O)(O)OCC(COC(=O)CCCCCCCC/C=C\C/C=C\C/C=C\CCCCC)OC(=O)CCCCCCCC/C=C\C/C=C\C/C=C\CCCCC. The average molecular weight is 1460 g/mol. The van der Waals surface area contributed by atoms with Crippen molar-refractivity contribution in [3.05, 3.63) is 134 Å². The topological polar surface area (TPSA) is 231 Å². The Bertz CT molecular complexity index is 2370. The molecule has 101 heavy (non-hydrogen) atoms. The molecule has 580 valence electrons. The fourth-order valence-corrected chi connectivity index (χ4v) is 11.9. The third-order valence-electron chi connectivity index (χ3n) is 16.3. The minimum Gasteiger partial charge on any atom is -0.463 e. The first kappa shape index (κ1) is 96.7. The van der Waals surface area contributed by atoms with Gasteiger partial charge in [0.15, 0.2) is 6.10 Å². The van der Waals surface area contributed by atoms with Gasteiger partial charge in [0.25, 0.3) is 0 Å². The maximum absolute atomic E-state index is 13.0. The molecule has 16 nitrogen and oxygen atoms in total. The van der Waals surface area contributed by atoms with E-state index in [1.807, 2.05) is 0 Å². The molecule has 5 atom stereocenters. The Morgan fingerprint density at radius 1 is 0.287 bits per heavy atom. The van der Waals surface area contributed by atoms with Crippen molar-refractivity contribution in [1.29, 1.82) is 0 Å². The molecule has 0 aliphatic rings. The molecule has 0 aliphatic carbocycles. The number of unbranched alkanes of at least 4 members (excludes halogenated alkanes) is 29. The van der Waals surface area contributed by atoms with Gasteiger partial charge >= 0.3 is 33.6 Å². The first-order chi connectivity index (χ1) is 49.2. The van der Waals surface area contributed by atoms with Crippen LogP contribution in [0.2, 0.25) is 0 Å². The molecule has 0 amide bonds. The van der Waals surface area contributed by atoms with Gasteiger partial charge in [0, 0.05) is 19.3 Å². The molecule has 0 bridgehead atoms. The van der Waals surface area contributed by atoms with E-state index >= 15 is 0 Å². The normalized spacial score (nSPS) is 14.7. The summed E-state index contributed by atoms with van der Waals surface area (Å²) in [6.45, 7) is 2.49. The summed E-state index contributed by atoms with van der Waals surface area (Å²) in [7, 11) is -9.80. The van der Waals surface area contributed by atoms with Crippen molar-refractivity contribution in [1.82, 2.24) is 0 Å². The van der Waals surface area contributed by atoms with E-state index in [0.717, 1.165) is 173 Å². The van der Waals surface area contributed by atoms with Crippen LogP contribution in [0.1, 0.15) is 316 Å². The summed E-state index contributed by atoms with van der Waals surface area (Å²) in [5.74, 6) is -1.60. The van der Waals surface area contributed by atoms with E-state index in [4.69, 9.17) is 32.3 Å². The third-order valence-corrected chi connectivity index (χ3v) is 18.2. The number of carbonyl (C=O) groups excluding carboxylic acids is 3. The van der Waals surface area contributed by atoms with Gasteiger partial charge in [-0.25, -0.2) is 9.13 Å². The predicted octanol–water partition coefficient (Wildman–Crippen LogP) is 23.1. The van der Waals surface area contributed by atoms with Crippen LogP contribution in [0.25, 0.3) is 0 Å². The predicted molar refractivity (Wildman–Crippen MR) is 417 cm³/mol. The lowest BCUT2D eigenvalue weighted by Gasteiger charge is -2.21. The second-order valence-corrected chi connectivity index (χ2v) is 29.0. The summed E-state index contributed by atoms with van der Waals surface area (Å²) in [5, 5.41) is 20.6. The van der Waals surface area contributed by atoms with Crippen LogP contribution in [-0.4, -0.2) is 95.9 Å². The summed E-state index contributed by atoms with van der Waals surface area (Å²) < 4.78 is 61.2. The van der Waals surface area contributed by atoms with E-state index in [2.05, 4.69) is 154 Å². The quantitative estimate of drug-likeness (QED) is 0.0146. The van der Waals surface area contributed by atoms with Gasteiger partial charge in [-0.3, -0.25) is 32.5 Å². The zero-order valence-corrected chi connectivity index (χ0v) is 65.1. The molecular weight excluding hydrogens is 1310 g/mol. The zero-order valence-electron chi connectivity index (χ0n) is 63.3. The second-order valence-electron chi connectivity index (χ2n) is 26.1. The summed E-state index contributed by atoms with van der Waals surface area (Å²) >= 11 is 0. The number of aliphatic hydroxyl groups is 2. The van der Waals surface area contributed by atoms with Crippen LogP contribution in [0.15, 0.2) is 134 Å². The number of rotatable bonds is 74. The number of ether oxygens (including phenoxy) is 3. The Kier molecular flexibility index (Phi) is 72.2. The Morgan fingerprint density at radius 2 is 0.525 bits per heavy atom. The highest BCUT2D eigenvalue weighted by Crippen LogP contribution is 2.45. The maximum Gasteiger partial charge on any atom is 0.472 e. The molecule has 0 rings (SSSR count). The van der Waals surface area contributed by atoms with Crippen molar-refractivity contribution in [2.75, 3.05) is 39.6 Å². The molecule has 5 unspecified atom stereocenters. The minimum atomic E-state index is -4.94. The van der Waals surface area contributed by atoms with Gasteiger partial charge in [0.1, 0.15) is 25.4 Å². The Labute approximate surface area is 614 Å². The van der Waals surface area contributed by atoms with Crippen molar-refractivity contribution >= 4 is 33.6 Å². The van der Waals surface area contributed by atoms with Crippen molar-refractivity contribution in [2.45, 2.75) is 334 Å². The molecule has 0 saturated carbocycles. The van der Waals surface area contributed by atoms with Crippen LogP contribution in [0, 0.1) is 0 Å². The fraction of sp³-hybridized carbons (Fsp3) is 0.699. The van der Waals surface area contributed by atoms with Crippen LogP contribution in [0.4, 0.5) is 0 Å². The maximum atomic E-state index is 13.0. The molecule has 0 aromatic carbocycles. The van der Waals surface area contributed by atoms with Crippen LogP contribution < -0.4 is 0 Å². The van der Waals surface area contributed by atoms with Crippen molar-refractivity contribution < 1.29 is 75.8 Å². The highest BCUT2D eigenvalue weighted by molar-refractivity contribution is 7.47. The second kappa shape index (κ2) is 75.4. The summed E-state index contributed by atoms with van der Waals surface area (Å²) in [5.41, 5.74) is 0. The molecule has 0 aromatic heterocycles. The third kappa shape index (κ3) is 76.6.